The SMILES string of the molecule is O=COCCc1ccc(C(=O)C2CC2)cc1. The third-order valence-corrected chi connectivity index (χ3v) is 2.76. The van der Waals surface area contributed by atoms with Crippen LogP contribution in [0.25, 0.3) is 0 Å². The van der Waals surface area contributed by atoms with Gasteiger partial charge in [0, 0.05) is 17.9 Å². The largest absolute Gasteiger partial charge is 0.468 e. The Balaban J connectivity index is 1.93. The highest BCUT2D eigenvalue weighted by atomic mass is 16.5. The van der Waals surface area contributed by atoms with Gasteiger partial charge in [0.1, 0.15) is 0 Å². The quantitative estimate of drug-likeness (QED) is 0.416. The summed E-state index contributed by atoms with van der Waals surface area (Å²) >= 11 is 0. The molecule has 1 aliphatic carbocycles. The van der Waals surface area contributed by atoms with Crippen LogP contribution in [-0.2, 0) is 16.0 Å². The lowest BCUT2D eigenvalue weighted by atomic mass is 10.0. The van der Waals surface area contributed by atoms with Crippen LogP contribution < -0.4 is 0 Å². The van der Waals surface area contributed by atoms with Gasteiger partial charge in [0.15, 0.2) is 5.78 Å². The molecule has 0 amide bonds. The Hall–Kier alpha value is -1.64. The van der Waals surface area contributed by atoms with Crippen LogP contribution in [0.4, 0.5) is 0 Å². The Morgan fingerprint density at radius 2 is 2.00 bits per heavy atom. The Morgan fingerprint density at radius 3 is 2.56 bits per heavy atom. The highest BCUT2D eigenvalue weighted by Gasteiger charge is 2.30. The highest BCUT2D eigenvalue weighted by Crippen LogP contribution is 2.32. The molecule has 1 fully saturated rings. The summed E-state index contributed by atoms with van der Waals surface area (Å²) < 4.78 is 4.62. The molecule has 0 aliphatic heterocycles. The van der Waals surface area contributed by atoms with Crippen molar-refractivity contribution in [2.24, 2.45) is 5.92 Å². The normalized spacial score (nSPS) is 14.5. The lowest BCUT2D eigenvalue weighted by Crippen LogP contribution is -2.02. The van der Waals surface area contributed by atoms with E-state index in [1.807, 2.05) is 24.3 Å². The molecular formula is C13H14O3. The van der Waals surface area contributed by atoms with E-state index >= 15 is 0 Å². The van der Waals surface area contributed by atoms with Crippen molar-refractivity contribution >= 4 is 12.3 Å². The summed E-state index contributed by atoms with van der Waals surface area (Å²) in [5.74, 6) is 0.528. The third kappa shape index (κ3) is 2.69. The Kier molecular flexibility index (Phi) is 3.34. The number of rotatable bonds is 6. The van der Waals surface area contributed by atoms with Gasteiger partial charge in [-0.05, 0) is 18.4 Å². The fraction of sp³-hybridized carbons (Fsp3) is 0.385. The smallest absolute Gasteiger partial charge is 0.293 e. The summed E-state index contributed by atoms with van der Waals surface area (Å²) in [6, 6.07) is 7.56. The summed E-state index contributed by atoms with van der Waals surface area (Å²) in [5, 5.41) is 0. The van der Waals surface area contributed by atoms with Crippen LogP contribution in [-0.4, -0.2) is 18.9 Å². The molecule has 84 valence electrons. The molecule has 0 aromatic heterocycles. The van der Waals surface area contributed by atoms with Crippen molar-refractivity contribution in [2.75, 3.05) is 6.61 Å². The van der Waals surface area contributed by atoms with E-state index in [1.165, 1.54) is 0 Å². The van der Waals surface area contributed by atoms with Crippen molar-refractivity contribution < 1.29 is 14.3 Å². The molecule has 1 aromatic rings. The topological polar surface area (TPSA) is 43.4 Å². The molecule has 2 rings (SSSR count). The minimum Gasteiger partial charge on any atom is -0.468 e. The van der Waals surface area contributed by atoms with Crippen molar-refractivity contribution in [2.45, 2.75) is 19.3 Å². The van der Waals surface area contributed by atoms with E-state index in [2.05, 4.69) is 4.74 Å². The van der Waals surface area contributed by atoms with Gasteiger partial charge in [-0.2, -0.15) is 0 Å². The molecule has 3 heteroatoms. The first-order chi connectivity index (χ1) is 7.81. The highest BCUT2D eigenvalue weighted by molar-refractivity contribution is 5.99. The Morgan fingerprint density at radius 1 is 1.31 bits per heavy atom. The number of ketones is 1. The minimum atomic E-state index is 0.260. The molecule has 1 saturated carbocycles. The van der Waals surface area contributed by atoms with Gasteiger partial charge in [0.05, 0.1) is 6.61 Å². The van der Waals surface area contributed by atoms with E-state index in [0.29, 0.717) is 19.5 Å². The molecule has 0 spiro atoms. The lowest BCUT2D eigenvalue weighted by Gasteiger charge is -2.02. The maximum atomic E-state index is 11.7. The molecular weight excluding hydrogens is 204 g/mol. The number of hydrogen-bond donors (Lipinski definition) is 0. The van der Waals surface area contributed by atoms with Crippen molar-refractivity contribution in [3.63, 3.8) is 0 Å². The molecule has 1 aromatic carbocycles. The van der Waals surface area contributed by atoms with E-state index < -0.39 is 0 Å². The number of ether oxygens (including phenoxy) is 1. The number of Topliss-reactive ketones (excluding diaryl/α,β-unsaturated/α-hetero) is 1. The molecule has 3 nitrogen and oxygen atoms in total. The Bertz CT molecular complexity index is 377. The molecule has 0 heterocycles. The Labute approximate surface area is 94.4 Å². The van der Waals surface area contributed by atoms with Crippen LogP contribution in [0, 0.1) is 5.92 Å². The average molecular weight is 218 g/mol. The van der Waals surface area contributed by atoms with E-state index in [-0.39, 0.29) is 11.7 Å². The third-order valence-electron chi connectivity index (χ3n) is 2.76. The lowest BCUT2D eigenvalue weighted by molar-refractivity contribution is -0.128. The van der Waals surface area contributed by atoms with Crippen LogP contribution >= 0.6 is 0 Å². The average Bonchev–Trinajstić information content (AvgIpc) is 3.13. The van der Waals surface area contributed by atoms with Crippen molar-refractivity contribution in [1.29, 1.82) is 0 Å². The number of benzene rings is 1. The first kappa shape index (κ1) is 10.9. The second-order valence-corrected chi connectivity index (χ2v) is 4.05. The second kappa shape index (κ2) is 4.92. The summed E-state index contributed by atoms with van der Waals surface area (Å²) in [5.41, 5.74) is 1.87. The number of carbonyl (C=O) groups is 2. The maximum absolute atomic E-state index is 11.7. The van der Waals surface area contributed by atoms with Crippen molar-refractivity contribution in [3.05, 3.63) is 35.4 Å². The fourth-order valence-electron chi connectivity index (χ4n) is 1.64. The zero-order chi connectivity index (χ0) is 11.4. The summed E-state index contributed by atoms with van der Waals surface area (Å²) in [6.45, 7) is 0.838. The van der Waals surface area contributed by atoms with Gasteiger partial charge in [0.25, 0.3) is 6.47 Å². The van der Waals surface area contributed by atoms with E-state index in [9.17, 15) is 9.59 Å². The molecule has 0 unspecified atom stereocenters. The first-order valence-corrected chi connectivity index (χ1v) is 5.49. The monoisotopic (exact) mass is 218 g/mol. The zero-order valence-corrected chi connectivity index (χ0v) is 9.02. The van der Waals surface area contributed by atoms with Gasteiger partial charge in [-0.1, -0.05) is 24.3 Å². The van der Waals surface area contributed by atoms with Gasteiger partial charge in [-0.3, -0.25) is 9.59 Å². The van der Waals surface area contributed by atoms with E-state index in [4.69, 9.17) is 0 Å². The van der Waals surface area contributed by atoms with Crippen LogP contribution in [0.1, 0.15) is 28.8 Å². The van der Waals surface area contributed by atoms with Crippen LogP contribution in [0.5, 0.6) is 0 Å². The maximum Gasteiger partial charge on any atom is 0.293 e. The minimum absolute atomic E-state index is 0.260. The molecule has 0 saturated heterocycles. The van der Waals surface area contributed by atoms with Gasteiger partial charge < -0.3 is 4.74 Å². The van der Waals surface area contributed by atoms with E-state index in [1.54, 1.807) is 0 Å². The van der Waals surface area contributed by atoms with Crippen LogP contribution in [0.2, 0.25) is 0 Å². The summed E-state index contributed by atoms with van der Waals surface area (Å²) in [7, 11) is 0. The number of hydrogen-bond acceptors (Lipinski definition) is 3. The molecule has 16 heavy (non-hydrogen) atoms. The predicted molar refractivity (Wildman–Crippen MR) is 59.2 cm³/mol. The summed E-state index contributed by atoms with van der Waals surface area (Å²) in [4.78, 5) is 21.7. The molecule has 0 radical (unpaired) electrons. The molecule has 0 bridgehead atoms. The molecule has 1 aliphatic rings. The fourth-order valence-corrected chi connectivity index (χ4v) is 1.64. The predicted octanol–water partition coefficient (Wildman–Crippen LogP) is 1.99. The molecule has 0 atom stereocenters. The van der Waals surface area contributed by atoms with Crippen molar-refractivity contribution in [1.82, 2.24) is 0 Å². The standard InChI is InChI=1S/C13H14O3/c14-9-16-8-7-10-1-3-11(4-2-10)13(15)12-5-6-12/h1-4,9,12H,5-8H2. The first-order valence-electron chi connectivity index (χ1n) is 5.49. The van der Waals surface area contributed by atoms with Gasteiger partial charge in [-0.15, -0.1) is 0 Å². The second-order valence-electron chi connectivity index (χ2n) is 4.05. The molecule has 0 N–H and O–H groups in total. The van der Waals surface area contributed by atoms with Gasteiger partial charge >= 0.3 is 0 Å². The zero-order valence-electron chi connectivity index (χ0n) is 9.02. The van der Waals surface area contributed by atoms with Crippen molar-refractivity contribution in [3.8, 4) is 0 Å². The van der Waals surface area contributed by atoms with Gasteiger partial charge in [0.2, 0.25) is 0 Å². The number of carbonyl (C=O) groups excluding carboxylic acids is 2. The van der Waals surface area contributed by atoms with Crippen LogP contribution in [0.15, 0.2) is 24.3 Å². The van der Waals surface area contributed by atoms with Gasteiger partial charge in [-0.25, -0.2) is 0 Å². The van der Waals surface area contributed by atoms with E-state index in [0.717, 1.165) is 24.0 Å². The summed E-state index contributed by atoms with van der Waals surface area (Å²) in [6.07, 6.45) is 2.76. The van der Waals surface area contributed by atoms with Crippen LogP contribution in [0.3, 0.4) is 0 Å².